The Hall–Kier alpha value is -4.37. The van der Waals surface area contributed by atoms with E-state index in [0.29, 0.717) is 22.7 Å². The largest absolute Gasteiger partial charge is 0.369 e. The van der Waals surface area contributed by atoms with E-state index in [0.717, 1.165) is 105 Å². The number of anilines is 4. The van der Waals surface area contributed by atoms with Crippen LogP contribution < -0.4 is 15.1 Å². The van der Waals surface area contributed by atoms with E-state index < -0.39 is 0 Å². The number of piperazine rings is 1. The molecule has 0 saturated carbocycles. The average Bonchev–Trinajstić information content (AvgIpc) is 3.11. The number of hydrogen-bond donors (Lipinski definition) is 1. The van der Waals surface area contributed by atoms with Crippen molar-refractivity contribution in [1.82, 2.24) is 14.9 Å². The molecule has 0 spiro atoms. The van der Waals surface area contributed by atoms with Crippen LogP contribution in [0.3, 0.4) is 0 Å². The third-order valence-corrected chi connectivity index (χ3v) is 10.1. The molecule has 0 aliphatic carbocycles. The molecule has 2 saturated heterocycles. The van der Waals surface area contributed by atoms with Gasteiger partial charge >= 0.3 is 0 Å². The molecule has 1 atom stereocenters. The van der Waals surface area contributed by atoms with Gasteiger partial charge in [0, 0.05) is 91.7 Å². The minimum Gasteiger partial charge on any atom is -0.369 e. The first-order chi connectivity index (χ1) is 22.8. The molecule has 4 heterocycles. The second-order valence-electron chi connectivity index (χ2n) is 13.1. The number of Topliss-reactive ketones (excluding diaryl/α,β-unsaturated/α-hetero) is 1. The summed E-state index contributed by atoms with van der Waals surface area (Å²) in [6, 6.07) is 13.4. The number of carbonyl (C=O) groups is 2. The van der Waals surface area contributed by atoms with Crippen LogP contribution in [0.25, 0.3) is 10.8 Å². The number of aromatic nitrogens is 2. The fourth-order valence-electron chi connectivity index (χ4n) is 6.92. The van der Waals surface area contributed by atoms with Crippen LogP contribution in [0, 0.1) is 24.6 Å². The van der Waals surface area contributed by atoms with E-state index >= 15 is 4.39 Å². The molecule has 246 valence electrons. The number of piperidine rings is 1. The van der Waals surface area contributed by atoms with E-state index in [1.54, 1.807) is 24.5 Å². The maximum Gasteiger partial charge on any atom is 0.189 e. The predicted octanol–water partition coefficient (Wildman–Crippen LogP) is 7.29. The number of aryl methyl sites for hydroxylation is 1. The maximum absolute atomic E-state index is 15.7. The lowest BCUT2D eigenvalue weighted by Crippen LogP contribution is -2.47. The fourth-order valence-corrected chi connectivity index (χ4v) is 6.92. The summed E-state index contributed by atoms with van der Waals surface area (Å²) in [6.07, 6.45) is 10.1. The first-order valence-corrected chi connectivity index (χ1v) is 17.0. The zero-order valence-electron chi connectivity index (χ0n) is 27.7. The zero-order valence-corrected chi connectivity index (χ0v) is 27.7. The molecule has 1 unspecified atom stereocenters. The highest BCUT2D eigenvalue weighted by atomic mass is 19.1. The van der Waals surface area contributed by atoms with E-state index in [9.17, 15) is 9.59 Å². The van der Waals surface area contributed by atoms with Gasteiger partial charge in [0.15, 0.2) is 23.7 Å². The second-order valence-corrected chi connectivity index (χ2v) is 13.1. The lowest BCUT2D eigenvalue weighted by atomic mass is 9.92. The minimum absolute atomic E-state index is 0.0409. The summed E-state index contributed by atoms with van der Waals surface area (Å²) in [7, 11) is 0. The van der Waals surface area contributed by atoms with Gasteiger partial charge in [0.05, 0.1) is 5.69 Å². The maximum atomic E-state index is 15.7. The van der Waals surface area contributed by atoms with Crippen molar-refractivity contribution in [2.45, 2.75) is 46.5 Å². The molecule has 0 bridgehead atoms. The van der Waals surface area contributed by atoms with Crippen molar-refractivity contribution in [2.75, 3.05) is 60.9 Å². The third kappa shape index (κ3) is 7.30. The molecule has 2 fully saturated rings. The second kappa shape index (κ2) is 14.6. The van der Waals surface area contributed by atoms with Gasteiger partial charge in [0.25, 0.3) is 0 Å². The van der Waals surface area contributed by atoms with Gasteiger partial charge in [-0.2, -0.15) is 0 Å². The number of aldehydes is 1. The molecular formula is C38H45FN6O2. The number of pyridine rings is 2. The van der Waals surface area contributed by atoms with Gasteiger partial charge in [0.1, 0.15) is 0 Å². The molecule has 0 amide bonds. The van der Waals surface area contributed by atoms with Crippen LogP contribution in [0.5, 0.6) is 0 Å². The Morgan fingerprint density at radius 1 is 1.02 bits per heavy atom. The zero-order chi connectivity index (χ0) is 32.9. The van der Waals surface area contributed by atoms with Crippen molar-refractivity contribution in [3.05, 3.63) is 83.6 Å². The quantitative estimate of drug-likeness (QED) is 0.136. The number of hydrogen-bond acceptors (Lipinski definition) is 8. The van der Waals surface area contributed by atoms with Gasteiger partial charge in [-0.3, -0.25) is 19.5 Å². The van der Waals surface area contributed by atoms with Crippen LogP contribution in [0.1, 0.15) is 65.8 Å². The molecule has 9 heteroatoms. The molecule has 2 aliphatic rings. The normalized spacial score (nSPS) is 16.8. The van der Waals surface area contributed by atoms with Crippen molar-refractivity contribution < 1.29 is 14.0 Å². The highest BCUT2D eigenvalue weighted by Gasteiger charge is 2.25. The summed E-state index contributed by atoms with van der Waals surface area (Å²) < 4.78 is 15.7. The van der Waals surface area contributed by atoms with Crippen molar-refractivity contribution in [3.63, 3.8) is 0 Å². The Balaban J connectivity index is 0.990. The summed E-state index contributed by atoms with van der Waals surface area (Å²) in [6.45, 7) is 12.4. The molecule has 4 aromatic rings. The first kappa shape index (κ1) is 32.6. The number of fused-ring (bicyclic) bond motifs is 1. The van der Waals surface area contributed by atoms with Gasteiger partial charge < -0.3 is 15.1 Å². The highest BCUT2D eigenvalue weighted by Crippen LogP contribution is 2.32. The van der Waals surface area contributed by atoms with Gasteiger partial charge in [0.2, 0.25) is 0 Å². The number of nitrogens with zero attached hydrogens (tertiary/aromatic N) is 5. The first-order valence-electron chi connectivity index (χ1n) is 17.0. The van der Waals surface area contributed by atoms with Gasteiger partial charge in [-0.05, 0) is 98.5 Å². The van der Waals surface area contributed by atoms with Crippen molar-refractivity contribution in [1.29, 1.82) is 0 Å². The summed E-state index contributed by atoms with van der Waals surface area (Å²) in [5.74, 6) is 0.489. The van der Waals surface area contributed by atoms with Crippen LogP contribution in [0.2, 0.25) is 0 Å². The van der Waals surface area contributed by atoms with Crippen LogP contribution in [-0.4, -0.2) is 72.8 Å². The number of benzene rings is 2. The smallest absolute Gasteiger partial charge is 0.189 e. The Kier molecular flexibility index (Phi) is 10.1. The van der Waals surface area contributed by atoms with E-state index in [2.05, 4.69) is 30.0 Å². The van der Waals surface area contributed by atoms with Gasteiger partial charge in [-0.25, -0.2) is 9.37 Å². The lowest BCUT2D eigenvalue weighted by molar-refractivity contribution is 0.0922. The third-order valence-electron chi connectivity index (χ3n) is 10.1. The Morgan fingerprint density at radius 2 is 1.81 bits per heavy atom. The van der Waals surface area contributed by atoms with Crippen LogP contribution in [0.4, 0.5) is 27.3 Å². The van der Waals surface area contributed by atoms with Crippen molar-refractivity contribution >= 4 is 45.7 Å². The van der Waals surface area contributed by atoms with E-state index in [1.165, 1.54) is 0 Å². The van der Waals surface area contributed by atoms with E-state index in [-0.39, 0.29) is 23.3 Å². The molecule has 0 radical (unpaired) electrons. The van der Waals surface area contributed by atoms with Gasteiger partial charge in [-0.15, -0.1) is 0 Å². The molecule has 2 aromatic carbocycles. The number of carbonyl (C=O) groups excluding carboxylic acids is 2. The molecule has 1 N–H and O–H groups in total. The summed E-state index contributed by atoms with van der Waals surface area (Å²) >= 11 is 0. The summed E-state index contributed by atoms with van der Waals surface area (Å²) in [5, 5.41) is 5.35. The Bertz CT molecular complexity index is 1730. The van der Waals surface area contributed by atoms with E-state index in [1.807, 2.05) is 57.3 Å². The average molecular weight is 637 g/mol. The van der Waals surface area contributed by atoms with Crippen molar-refractivity contribution in [2.24, 2.45) is 11.8 Å². The summed E-state index contributed by atoms with van der Waals surface area (Å²) in [5.41, 5.74) is 4.52. The molecule has 6 rings (SSSR count). The molecule has 8 nitrogen and oxygen atoms in total. The lowest BCUT2D eigenvalue weighted by Gasteiger charge is -2.38. The van der Waals surface area contributed by atoms with Gasteiger partial charge in [-0.1, -0.05) is 13.8 Å². The predicted molar refractivity (Wildman–Crippen MR) is 188 cm³/mol. The number of halogens is 1. The molecule has 2 aromatic heterocycles. The number of rotatable bonds is 11. The monoisotopic (exact) mass is 636 g/mol. The summed E-state index contributed by atoms with van der Waals surface area (Å²) in [4.78, 5) is 40.1. The Labute approximate surface area is 277 Å². The van der Waals surface area contributed by atoms with Crippen molar-refractivity contribution in [3.8, 4) is 0 Å². The van der Waals surface area contributed by atoms with Crippen LogP contribution in [-0.2, 0) is 0 Å². The number of nitrogens with one attached hydrogen (secondary N) is 1. The van der Waals surface area contributed by atoms with Crippen LogP contribution >= 0.6 is 0 Å². The Morgan fingerprint density at radius 3 is 2.55 bits per heavy atom. The highest BCUT2D eigenvalue weighted by molar-refractivity contribution is 6.04. The van der Waals surface area contributed by atoms with E-state index in [4.69, 9.17) is 0 Å². The van der Waals surface area contributed by atoms with Crippen LogP contribution in [0.15, 0.2) is 61.1 Å². The fraction of sp³-hybridized carbons (Fsp3) is 0.421. The number of ketones is 1. The topological polar surface area (TPSA) is 81.7 Å². The standard InChI is InChI=1S/C38H45FN6O2/c1-4-26(2)37(47)33-23-32(6-5-30(33)25-46)44-19-17-43(18-20-44)14-9-28-10-15-45(16-11-28)35-8-13-41-38(36(35)39)42-31-21-27(3)34-24-40-12-7-29(34)22-31/h5-8,12-13,21-26,28H,4,9-11,14-20H2,1-3H3,(H,41,42). The molecule has 47 heavy (non-hydrogen) atoms. The molecular weight excluding hydrogens is 591 g/mol. The SMILES string of the molecule is CCC(C)C(=O)c1cc(N2CCN(CCC3CCN(c4ccnc(Nc5cc(C)c6cnccc6c5)c4F)CC3)CC2)ccc1C=O. The molecule has 2 aliphatic heterocycles. The minimum atomic E-state index is -0.312.